The molecule has 0 aliphatic rings. The first-order valence-electron chi connectivity index (χ1n) is 6.68. The van der Waals surface area contributed by atoms with E-state index in [-0.39, 0.29) is 0 Å². The summed E-state index contributed by atoms with van der Waals surface area (Å²) in [5.41, 5.74) is 10.3. The molecule has 0 saturated heterocycles. The Bertz CT molecular complexity index is 748. The summed E-state index contributed by atoms with van der Waals surface area (Å²) < 4.78 is 5.83. The second-order valence-corrected chi connectivity index (χ2v) is 4.77. The van der Waals surface area contributed by atoms with Gasteiger partial charge in [0.25, 0.3) is 0 Å². The molecular formula is C16H17N3O. The highest BCUT2D eigenvalue weighted by Gasteiger charge is 2.15. The Labute approximate surface area is 117 Å². The van der Waals surface area contributed by atoms with Crippen LogP contribution in [0.25, 0.3) is 11.1 Å². The van der Waals surface area contributed by atoms with Crippen molar-refractivity contribution in [3.05, 3.63) is 48.0 Å². The second kappa shape index (κ2) is 4.89. The first kappa shape index (κ1) is 12.5. The third-order valence-corrected chi connectivity index (χ3v) is 3.30. The zero-order valence-corrected chi connectivity index (χ0v) is 11.6. The van der Waals surface area contributed by atoms with Gasteiger partial charge in [0.1, 0.15) is 5.52 Å². The average molecular weight is 267 g/mol. The molecule has 2 N–H and O–H groups in total. The summed E-state index contributed by atoms with van der Waals surface area (Å²) in [6.07, 6.45) is 0. The van der Waals surface area contributed by atoms with E-state index in [9.17, 15) is 0 Å². The Morgan fingerprint density at radius 3 is 2.70 bits per heavy atom. The number of hydrogen-bond donors (Lipinski definition) is 1. The van der Waals surface area contributed by atoms with E-state index < -0.39 is 0 Å². The van der Waals surface area contributed by atoms with E-state index in [1.807, 2.05) is 29.2 Å². The van der Waals surface area contributed by atoms with Crippen molar-refractivity contribution in [2.75, 3.05) is 17.2 Å². The van der Waals surface area contributed by atoms with Crippen molar-refractivity contribution in [3.8, 4) is 0 Å². The highest BCUT2D eigenvalue weighted by Crippen LogP contribution is 2.30. The summed E-state index contributed by atoms with van der Waals surface area (Å²) in [4.78, 5) is 6.56. The minimum atomic E-state index is 0.575. The Hall–Kier alpha value is -2.49. The number of aromatic nitrogens is 1. The van der Waals surface area contributed by atoms with Crippen LogP contribution in [0.2, 0.25) is 0 Å². The van der Waals surface area contributed by atoms with E-state index in [0.29, 0.717) is 22.8 Å². The third kappa shape index (κ3) is 2.09. The topological polar surface area (TPSA) is 55.3 Å². The standard InChI is InChI=1S/C16H17N3O/c1-3-19(12-7-4-6-11(2)10-12)16-18-15-13(17)8-5-9-14(15)20-16/h4-10H,3,17H2,1-2H3. The van der Waals surface area contributed by atoms with Crippen molar-refractivity contribution in [1.82, 2.24) is 4.98 Å². The van der Waals surface area contributed by atoms with E-state index >= 15 is 0 Å². The lowest BCUT2D eigenvalue weighted by Gasteiger charge is -2.18. The number of para-hydroxylation sites is 1. The van der Waals surface area contributed by atoms with Gasteiger partial charge < -0.3 is 10.2 Å². The molecule has 20 heavy (non-hydrogen) atoms. The summed E-state index contributed by atoms with van der Waals surface area (Å²) in [5, 5.41) is 0. The molecule has 1 heterocycles. The minimum absolute atomic E-state index is 0.575. The predicted octanol–water partition coefficient (Wildman–Crippen LogP) is 3.88. The van der Waals surface area contributed by atoms with Crippen molar-refractivity contribution in [1.29, 1.82) is 0 Å². The van der Waals surface area contributed by atoms with Crippen molar-refractivity contribution in [3.63, 3.8) is 0 Å². The molecule has 2 aromatic carbocycles. The van der Waals surface area contributed by atoms with Crippen LogP contribution in [0.4, 0.5) is 17.4 Å². The maximum atomic E-state index is 5.93. The molecule has 0 unspecified atom stereocenters. The third-order valence-electron chi connectivity index (χ3n) is 3.30. The van der Waals surface area contributed by atoms with Gasteiger partial charge in [-0.15, -0.1) is 0 Å². The lowest BCUT2D eigenvalue weighted by molar-refractivity contribution is 0.595. The van der Waals surface area contributed by atoms with Crippen molar-refractivity contribution >= 4 is 28.5 Å². The fraction of sp³-hybridized carbons (Fsp3) is 0.188. The zero-order valence-electron chi connectivity index (χ0n) is 11.6. The normalized spacial score (nSPS) is 10.9. The summed E-state index contributed by atoms with van der Waals surface area (Å²) in [5.74, 6) is 0. The maximum Gasteiger partial charge on any atom is 0.303 e. The van der Waals surface area contributed by atoms with Crippen LogP contribution in [-0.2, 0) is 0 Å². The van der Waals surface area contributed by atoms with E-state index in [2.05, 4.69) is 37.0 Å². The Morgan fingerprint density at radius 1 is 1.20 bits per heavy atom. The zero-order chi connectivity index (χ0) is 14.1. The molecule has 0 bridgehead atoms. The molecule has 0 aliphatic carbocycles. The predicted molar refractivity (Wildman–Crippen MR) is 82.3 cm³/mol. The van der Waals surface area contributed by atoms with Crippen LogP contribution in [0.3, 0.4) is 0 Å². The number of benzene rings is 2. The van der Waals surface area contributed by atoms with Gasteiger partial charge >= 0.3 is 6.01 Å². The molecule has 0 spiro atoms. The fourth-order valence-corrected chi connectivity index (χ4v) is 2.30. The Morgan fingerprint density at radius 2 is 2.00 bits per heavy atom. The van der Waals surface area contributed by atoms with Crippen LogP contribution in [0.15, 0.2) is 46.9 Å². The van der Waals surface area contributed by atoms with Gasteiger partial charge in [-0.2, -0.15) is 4.98 Å². The van der Waals surface area contributed by atoms with Crippen molar-refractivity contribution in [2.45, 2.75) is 13.8 Å². The summed E-state index contributed by atoms with van der Waals surface area (Å²) in [7, 11) is 0. The number of nitrogens with zero attached hydrogens (tertiary/aromatic N) is 2. The van der Waals surface area contributed by atoms with E-state index in [1.165, 1.54) is 5.56 Å². The number of rotatable bonds is 3. The van der Waals surface area contributed by atoms with Gasteiger partial charge in [0, 0.05) is 12.2 Å². The molecule has 0 atom stereocenters. The smallest absolute Gasteiger partial charge is 0.303 e. The quantitative estimate of drug-likeness (QED) is 0.732. The highest BCUT2D eigenvalue weighted by molar-refractivity contribution is 5.86. The van der Waals surface area contributed by atoms with E-state index in [0.717, 1.165) is 12.2 Å². The monoisotopic (exact) mass is 267 g/mol. The second-order valence-electron chi connectivity index (χ2n) is 4.77. The first-order chi connectivity index (χ1) is 9.69. The number of aryl methyl sites for hydroxylation is 1. The van der Waals surface area contributed by atoms with Gasteiger partial charge in [0.05, 0.1) is 5.69 Å². The van der Waals surface area contributed by atoms with Gasteiger partial charge in [-0.25, -0.2) is 0 Å². The molecule has 1 aromatic heterocycles. The SMILES string of the molecule is CCN(c1cccc(C)c1)c1nc2c(N)cccc2o1. The molecule has 3 aromatic rings. The van der Waals surface area contributed by atoms with Crippen LogP contribution in [0.5, 0.6) is 0 Å². The van der Waals surface area contributed by atoms with Crippen LogP contribution >= 0.6 is 0 Å². The molecule has 3 rings (SSSR count). The summed E-state index contributed by atoms with van der Waals surface area (Å²) in [6.45, 7) is 4.91. The number of nitrogen functional groups attached to an aromatic ring is 1. The Balaban J connectivity index is 2.09. The number of hydrogen-bond acceptors (Lipinski definition) is 4. The van der Waals surface area contributed by atoms with Crippen LogP contribution in [0, 0.1) is 6.92 Å². The molecule has 0 radical (unpaired) electrons. The van der Waals surface area contributed by atoms with Gasteiger partial charge in [-0.1, -0.05) is 18.2 Å². The molecule has 0 aliphatic heterocycles. The van der Waals surface area contributed by atoms with Crippen LogP contribution in [-0.4, -0.2) is 11.5 Å². The van der Waals surface area contributed by atoms with Crippen molar-refractivity contribution < 1.29 is 4.42 Å². The Kier molecular flexibility index (Phi) is 3.06. The van der Waals surface area contributed by atoms with Crippen LogP contribution in [0.1, 0.15) is 12.5 Å². The maximum absolute atomic E-state index is 5.93. The molecular weight excluding hydrogens is 250 g/mol. The summed E-state index contributed by atoms with van der Waals surface area (Å²) >= 11 is 0. The van der Waals surface area contributed by atoms with Gasteiger partial charge in [-0.05, 0) is 43.7 Å². The molecule has 0 fully saturated rings. The minimum Gasteiger partial charge on any atom is -0.423 e. The van der Waals surface area contributed by atoms with E-state index in [4.69, 9.17) is 10.2 Å². The lowest BCUT2D eigenvalue weighted by atomic mass is 10.2. The molecule has 0 amide bonds. The van der Waals surface area contributed by atoms with Gasteiger partial charge in [0.2, 0.25) is 0 Å². The number of anilines is 3. The van der Waals surface area contributed by atoms with Gasteiger partial charge in [-0.3, -0.25) is 4.90 Å². The number of nitrogens with two attached hydrogens (primary N) is 1. The van der Waals surface area contributed by atoms with Crippen LogP contribution < -0.4 is 10.6 Å². The van der Waals surface area contributed by atoms with E-state index in [1.54, 1.807) is 0 Å². The number of fused-ring (bicyclic) bond motifs is 1. The average Bonchev–Trinajstić information content (AvgIpc) is 2.85. The molecule has 4 heteroatoms. The fourth-order valence-electron chi connectivity index (χ4n) is 2.30. The molecule has 102 valence electrons. The largest absolute Gasteiger partial charge is 0.423 e. The number of oxazole rings is 1. The molecule has 0 saturated carbocycles. The molecule has 4 nitrogen and oxygen atoms in total. The first-order valence-corrected chi connectivity index (χ1v) is 6.68. The van der Waals surface area contributed by atoms with Gasteiger partial charge in [0.15, 0.2) is 5.58 Å². The highest BCUT2D eigenvalue weighted by atomic mass is 16.4. The lowest BCUT2D eigenvalue weighted by Crippen LogP contribution is -2.16. The van der Waals surface area contributed by atoms with Crippen molar-refractivity contribution in [2.24, 2.45) is 0 Å². The summed E-state index contributed by atoms with van der Waals surface area (Å²) in [6, 6.07) is 14.4.